The average Bonchev–Trinajstić information content (AvgIpc) is 2.48. The minimum Gasteiger partial charge on any atom is -0.492 e. The number of nitrogens with one attached hydrogen (secondary N) is 1. The van der Waals surface area contributed by atoms with E-state index in [2.05, 4.69) is 18.3 Å². The van der Waals surface area contributed by atoms with Crippen molar-refractivity contribution in [2.75, 3.05) is 25.1 Å². The van der Waals surface area contributed by atoms with Gasteiger partial charge in [-0.3, -0.25) is 0 Å². The Kier molecular flexibility index (Phi) is 3.74. The molecule has 3 rings (SSSR count). The van der Waals surface area contributed by atoms with Crippen LogP contribution in [0, 0.1) is 0 Å². The minimum atomic E-state index is 0.638. The molecule has 1 N–H and O–H groups in total. The second-order valence-corrected chi connectivity index (χ2v) is 4.83. The molecule has 0 saturated carbocycles. The normalized spacial score (nSPS) is 14.1. The fraction of sp³-hybridized carbons (Fsp3) is 0.438. The Hall–Kier alpha value is -1.81. The molecule has 0 atom stereocenters. The number of fused-ring (bicyclic) bond motifs is 2. The van der Waals surface area contributed by atoms with Crippen molar-refractivity contribution in [2.45, 2.75) is 26.9 Å². The maximum absolute atomic E-state index is 5.72. The molecule has 1 aliphatic rings. The Morgan fingerprint density at radius 1 is 1.35 bits per heavy atom. The first-order valence-electron chi connectivity index (χ1n) is 7.24. The second kappa shape index (κ2) is 5.67. The molecular weight excluding hydrogens is 252 g/mol. The van der Waals surface area contributed by atoms with Crippen molar-refractivity contribution < 1.29 is 9.47 Å². The minimum absolute atomic E-state index is 0.638. The van der Waals surface area contributed by atoms with E-state index in [1.54, 1.807) is 0 Å². The molecule has 1 aliphatic heterocycles. The van der Waals surface area contributed by atoms with Crippen molar-refractivity contribution in [3.8, 4) is 5.75 Å². The second-order valence-electron chi connectivity index (χ2n) is 4.83. The SMILES string of the molecule is CCNc1c2c(nc3c(OCC)cccc13)CCOC2. The van der Waals surface area contributed by atoms with E-state index in [4.69, 9.17) is 14.5 Å². The van der Waals surface area contributed by atoms with Gasteiger partial charge in [0.1, 0.15) is 11.3 Å². The summed E-state index contributed by atoms with van der Waals surface area (Å²) in [6.07, 6.45) is 0.865. The molecule has 0 bridgehead atoms. The first-order chi connectivity index (χ1) is 9.85. The van der Waals surface area contributed by atoms with Gasteiger partial charge in [-0.15, -0.1) is 0 Å². The molecule has 106 valence electrons. The highest BCUT2D eigenvalue weighted by molar-refractivity contribution is 5.96. The first kappa shape index (κ1) is 13.2. The van der Waals surface area contributed by atoms with E-state index in [1.165, 1.54) is 5.56 Å². The third-order valence-corrected chi connectivity index (χ3v) is 3.55. The summed E-state index contributed by atoms with van der Waals surface area (Å²) in [7, 11) is 0. The van der Waals surface area contributed by atoms with Gasteiger partial charge in [0.2, 0.25) is 0 Å². The molecule has 4 heteroatoms. The zero-order valence-electron chi connectivity index (χ0n) is 12.0. The van der Waals surface area contributed by atoms with Crippen LogP contribution in [0.15, 0.2) is 18.2 Å². The van der Waals surface area contributed by atoms with E-state index in [-0.39, 0.29) is 0 Å². The van der Waals surface area contributed by atoms with Crippen molar-refractivity contribution in [3.63, 3.8) is 0 Å². The Labute approximate surface area is 119 Å². The van der Waals surface area contributed by atoms with Crippen LogP contribution in [0.5, 0.6) is 5.75 Å². The molecular formula is C16H20N2O2. The Balaban J connectivity index is 2.26. The molecule has 0 amide bonds. The number of benzene rings is 1. The van der Waals surface area contributed by atoms with Crippen molar-refractivity contribution in [3.05, 3.63) is 29.5 Å². The topological polar surface area (TPSA) is 43.4 Å². The van der Waals surface area contributed by atoms with E-state index < -0.39 is 0 Å². The number of aromatic nitrogens is 1. The lowest BCUT2D eigenvalue weighted by Crippen LogP contribution is -2.15. The highest BCUT2D eigenvalue weighted by atomic mass is 16.5. The van der Waals surface area contributed by atoms with Crippen LogP contribution in [-0.2, 0) is 17.8 Å². The molecule has 2 aromatic rings. The van der Waals surface area contributed by atoms with Crippen LogP contribution < -0.4 is 10.1 Å². The van der Waals surface area contributed by atoms with Gasteiger partial charge in [-0.05, 0) is 19.9 Å². The summed E-state index contributed by atoms with van der Waals surface area (Å²) >= 11 is 0. The lowest BCUT2D eigenvalue weighted by Gasteiger charge is -2.22. The van der Waals surface area contributed by atoms with Crippen LogP contribution in [0.4, 0.5) is 5.69 Å². The van der Waals surface area contributed by atoms with Crippen LogP contribution >= 0.6 is 0 Å². The molecule has 1 aromatic heterocycles. The number of rotatable bonds is 4. The number of ether oxygens (including phenoxy) is 2. The van der Waals surface area contributed by atoms with Gasteiger partial charge in [-0.25, -0.2) is 4.98 Å². The fourth-order valence-electron chi connectivity index (χ4n) is 2.70. The summed E-state index contributed by atoms with van der Waals surface area (Å²) in [6, 6.07) is 6.10. The van der Waals surface area contributed by atoms with Gasteiger partial charge in [0.25, 0.3) is 0 Å². The summed E-state index contributed by atoms with van der Waals surface area (Å²) in [6.45, 7) is 7.01. The molecule has 2 heterocycles. The Morgan fingerprint density at radius 2 is 2.25 bits per heavy atom. The molecule has 0 aliphatic carbocycles. The van der Waals surface area contributed by atoms with Crippen LogP contribution in [0.3, 0.4) is 0 Å². The molecule has 0 fully saturated rings. The van der Waals surface area contributed by atoms with E-state index >= 15 is 0 Å². The monoisotopic (exact) mass is 272 g/mol. The van der Waals surface area contributed by atoms with Crippen molar-refractivity contribution in [1.29, 1.82) is 0 Å². The van der Waals surface area contributed by atoms with Crippen LogP contribution in [0.1, 0.15) is 25.1 Å². The molecule has 1 aromatic carbocycles. The summed E-state index contributed by atoms with van der Waals surface area (Å²) in [4.78, 5) is 4.83. The summed E-state index contributed by atoms with van der Waals surface area (Å²) < 4.78 is 11.3. The quantitative estimate of drug-likeness (QED) is 0.928. The smallest absolute Gasteiger partial charge is 0.145 e. The van der Waals surface area contributed by atoms with Gasteiger partial charge in [0.05, 0.1) is 31.2 Å². The van der Waals surface area contributed by atoms with Crippen molar-refractivity contribution in [2.24, 2.45) is 0 Å². The standard InChI is InChI=1S/C16H20N2O2/c1-3-17-15-11-6-5-7-14(20-4-2)16(11)18-13-8-9-19-10-12(13)15/h5-7H,3-4,8-10H2,1-2H3,(H,17,18). The highest BCUT2D eigenvalue weighted by Crippen LogP contribution is 2.35. The predicted molar refractivity (Wildman–Crippen MR) is 80.4 cm³/mol. The molecule has 0 saturated heterocycles. The van der Waals surface area contributed by atoms with Gasteiger partial charge in [-0.2, -0.15) is 0 Å². The fourth-order valence-corrected chi connectivity index (χ4v) is 2.70. The van der Waals surface area contributed by atoms with Gasteiger partial charge in [0, 0.05) is 23.9 Å². The molecule has 0 radical (unpaired) electrons. The summed E-state index contributed by atoms with van der Waals surface area (Å²) in [5, 5.41) is 4.59. The number of nitrogens with zero attached hydrogens (tertiary/aromatic N) is 1. The summed E-state index contributed by atoms with van der Waals surface area (Å²) in [5.41, 5.74) is 4.42. The third kappa shape index (κ3) is 2.20. The van der Waals surface area contributed by atoms with Gasteiger partial charge < -0.3 is 14.8 Å². The van der Waals surface area contributed by atoms with Crippen molar-refractivity contribution in [1.82, 2.24) is 4.98 Å². The molecule has 4 nitrogen and oxygen atoms in total. The third-order valence-electron chi connectivity index (χ3n) is 3.55. The number of hydrogen-bond donors (Lipinski definition) is 1. The lowest BCUT2D eigenvalue weighted by atomic mass is 10.0. The Bertz CT molecular complexity index is 625. The van der Waals surface area contributed by atoms with Crippen LogP contribution in [0.25, 0.3) is 10.9 Å². The largest absolute Gasteiger partial charge is 0.492 e. The average molecular weight is 272 g/mol. The van der Waals surface area contributed by atoms with Gasteiger partial charge >= 0.3 is 0 Å². The molecule has 0 spiro atoms. The number of para-hydroxylation sites is 1. The lowest BCUT2D eigenvalue weighted by molar-refractivity contribution is 0.110. The maximum atomic E-state index is 5.72. The number of pyridine rings is 1. The number of anilines is 1. The van der Waals surface area contributed by atoms with E-state index in [9.17, 15) is 0 Å². The van der Waals surface area contributed by atoms with Crippen molar-refractivity contribution >= 4 is 16.6 Å². The number of hydrogen-bond acceptors (Lipinski definition) is 4. The highest BCUT2D eigenvalue weighted by Gasteiger charge is 2.19. The first-order valence-corrected chi connectivity index (χ1v) is 7.24. The summed E-state index contributed by atoms with van der Waals surface area (Å²) in [5.74, 6) is 0.860. The zero-order valence-corrected chi connectivity index (χ0v) is 12.0. The van der Waals surface area contributed by atoms with Crippen LogP contribution in [0.2, 0.25) is 0 Å². The van der Waals surface area contributed by atoms with E-state index in [0.29, 0.717) is 13.2 Å². The Morgan fingerprint density at radius 3 is 3.05 bits per heavy atom. The van der Waals surface area contributed by atoms with Gasteiger partial charge in [-0.1, -0.05) is 12.1 Å². The van der Waals surface area contributed by atoms with Gasteiger partial charge in [0.15, 0.2) is 0 Å². The predicted octanol–water partition coefficient (Wildman–Crippen LogP) is 3.14. The van der Waals surface area contributed by atoms with Crippen LogP contribution in [-0.4, -0.2) is 24.7 Å². The zero-order chi connectivity index (χ0) is 13.9. The van der Waals surface area contributed by atoms with E-state index in [0.717, 1.165) is 47.6 Å². The van der Waals surface area contributed by atoms with E-state index in [1.807, 2.05) is 19.1 Å². The maximum Gasteiger partial charge on any atom is 0.145 e. The molecule has 20 heavy (non-hydrogen) atoms. The molecule has 0 unspecified atom stereocenters.